The molecule has 0 aromatic carbocycles. The predicted octanol–water partition coefficient (Wildman–Crippen LogP) is 0.545. The van der Waals surface area contributed by atoms with Crippen LogP contribution < -0.4 is 5.32 Å². The van der Waals surface area contributed by atoms with E-state index in [-0.39, 0.29) is 6.04 Å². The summed E-state index contributed by atoms with van der Waals surface area (Å²) in [4.78, 5) is 7.44. The Morgan fingerprint density at radius 2 is 2.25 bits per heavy atom. The number of aromatic nitrogens is 2. The molecule has 0 saturated carbocycles. The molecule has 2 fully saturated rings. The second kappa shape index (κ2) is 4.28. The standard InChI is InChI=1S/C13H16N4O2S/c18-20(19,17-5-3-9-6-14-7-11(9)17)12-8-16-13-10(12)2-1-4-15-13/h1-2,4,8-9,11,14H,3,5-7H2,(H,15,16)/t9-,11+/m0/s1. The molecule has 2 aromatic heterocycles. The summed E-state index contributed by atoms with van der Waals surface area (Å²) >= 11 is 0. The molecule has 2 atom stereocenters. The first-order chi connectivity index (χ1) is 9.68. The van der Waals surface area contributed by atoms with Gasteiger partial charge in [0, 0.05) is 36.9 Å². The van der Waals surface area contributed by atoms with Crippen LogP contribution in [0.1, 0.15) is 6.42 Å². The van der Waals surface area contributed by atoms with Gasteiger partial charge in [-0.2, -0.15) is 4.31 Å². The molecule has 2 N–H and O–H groups in total. The fraction of sp³-hybridized carbons (Fsp3) is 0.462. The molecule has 2 aliphatic heterocycles. The van der Waals surface area contributed by atoms with Gasteiger partial charge in [-0.05, 0) is 31.0 Å². The molecule has 4 rings (SSSR count). The number of sulfonamides is 1. The number of hydrogen-bond acceptors (Lipinski definition) is 4. The van der Waals surface area contributed by atoms with E-state index in [1.54, 1.807) is 28.8 Å². The number of pyridine rings is 1. The molecule has 0 unspecified atom stereocenters. The van der Waals surface area contributed by atoms with Gasteiger partial charge in [0.1, 0.15) is 10.5 Å². The summed E-state index contributed by atoms with van der Waals surface area (Å²) in [5.74, 6) is 0.452. The van der Waals surface area contributed by atoms with E-state index < -0.39 is 10.0 Å². The second-order valence-corrected chi connectivity index (χ2v) is 7.30. The fourth-order valence-electron chi connectivity index (χ4n) is 3.38. The van der Waals surface area contributed by atoms with Crippen molar-refractivity contribution < 1.29 is 8.42 Å². The highest BCUT2D eigenvalue weighted by Gasteiger charge is 2.44. The van der Waals surface area contributed by atoms with Gasteiger partial charge >= 0.3 is 0 Å². The smallest absolute Gasteiger partial charge is 0.245 e. The van der Waals surface area contributed by atoms with Gasteiger partial charge in [-0.25, -0.2) is 13.4 Å². The summed E-state index contributed by atoms with van der Waals surface area (Å²) in [6.07, 6.45) is 4.15. The molecular weight excluding hydrogens is 276 g/mol. The zero-order chi connectivity index (χ0) is 13.7. The minimum absolute atomic E-state index is 0.0987. The lowest BCUT2D eigenvalue weighted by Crippen LogP contribution is -2.38. The van der Waals surface area contributed by atoms with Crippen molar-refractivity contribution in [3.63, 3.8) is 0 Å². The molecule has 4 heterocycles. The maximum atomic E-state index is 12.9. The number of aromatic amines is 1. The topological polar surface area (TPSA) is 78.1 Å². The normalized spacial score (nSPS) is 27.2. The Hall–Kier alpha value is -1.44. The SMILES string of the molecule is O=S(=O)(c1c[nH]c2ncccc12)N1CC[C@H]2CNC[C@H]21. The maximum Gasteiger partial charge on any atom is 0.245 e. The summed E-state index contributed by atoms with van der Waals surface area (Å²) in [5, 5.41) is 3.95. The van der Waals surface area contributed by atoms with Crippen LogP contribution in [0.5, 0.6) is 0 Å². The highest BCUT2D eigenvalue weighted by Crippen LogP contribution is 2.34. The summed E-state index contributed by atoms with van der Waals surface area (Å²) in [5.41, 5.74) is 0.617. The molecule has 0 bridgehead atoms. The molecule has 2 saturated heterocycles. The van der Waals surface area contributed by atoms with Crippen molar-refractivity contribution in [1.29, 1.82) is 0 Å². The van der Waals surface area contributed by atoms with Crippen molar-refractivity contribution >= 4 is 21.1 Å². The molecule has 0 aliphatic carbocycles. The lowest BCUT2D eigenvalue weighted by Gasteiger charge is -2.22. The summed E-state index contributed by atoms with van der Waals surface area (Å²) in [7, 11) is -3.45. The third-order valence-electron chi connectivity index (χ3n) is 4.39. The quantitative estimate of drug-likeness (QED) is 0.847. The van der Waals surface area contributed by atoms with E-state index in [2.05, 4.69) is 15.3 Å². The predicted molar refractivity (Wildman–Crippen MR) is 74.8 cm³/mol. The minimum Gasteiger partial charge on any atom is -0.345 e. The monoisotopic (exact) mass is 292 g/mol. The Kier molecular flexibility index (Phi) is 2.63. The molecule has 6 nitrogen and oxygen atoms in total. The third kappa shape index (κ3) is 1.63. The number of nitrogens with zero attached hydrogens (tertiary/aromatic N) is 2. The molecule has 7 heteroatoms. The highest BCUT2D eigenvalue weighted by atomic mass is 32.2. The number of rotatable bonds is 2. The highest BCUT2D eigenvalue weighted by molar-refractivity contribution is 7.89. The van der Waals surface area contributed by atoms with E-state index in [9.17, 15) is 8.42 Å². The van der Waals surface area contributed by atoms with E-state index in [1.807, 2.05) is 0 Å². The lowest BCUT2D eigenvalue weighted by atomic mass is 10.1. The van der Waals surface area contributed by atoms with Gasteiger partial charge in [-0.1, -0.05) is 0 Å². The Bertz CT molecular complexity index is 755. The first kappa shape index (κ1) is 12.3. The van der Waals surface area contributed by atoms with Crippen LogP contribution in [0.25, 0.3) is 11.0 Å². The number of H-pyrrole nitrogens is 1. The molecule has 20 heavy (non-hydrogen) atoms. The van der Waals surface area contributed by atoms with Gasteiger partial charge in [-0.3, -0.25) is 0 Å². The van der Waals surface area contributed by atoms with Crippen molar-refractivity contribution in [3.05, 3.63) is 24.5 Å². The van der Waals surface area contributed by atoms with Crippen LogP contribution in [-0.2, 0) is 10.0 Å². The molecule has 0 radical (unpaired) electrons. The number of nitrogens with one attached hydrogen (secondary N) is 2. The van der Waals surface area contributed by atoms with Crippen LogP contribution in [0, 0.1) is 5.92 Å². The average Bonchev–Trinajstić information content (AvgIpc) is 3.13. The summed E-state index contributed by atoms with van der Waals surface area (Å²) in [6.45, 7) is 2.29. The zero-order valence-electron chi connectivity index (χ0n) is 10.9. The van der Waals surface area contributed by atoms with Crippen molar-refractivity contribution in [2.24, 2.45) is 5.92 Å². The molecular formula is C13H16N4O2S. The van der Waals surface area contributed by atoms with Crippen molar-refractivity contribution in [2.45, 2.75) is 17.4 Å². The number of hydrogen-bond donors (Lipinski definition) is 2. The molecule has 2 aliphatic rings. The first-order valence-corrected chi connectivity index (χ1v) is 8.26. The van der Waals surface area contributed by atoms with Gasteiger partial charge in [0.05, 0.1) is 0 Å². The van der Waals surface area contributed by atoms with Gasteiger partial charge in [-0.15, -0.1) is 0 Å². The van der Waals surface area contributed by atoms with E-state index in [1.165, 1.54) is 0 Å². The van der Waals surface area contributed by atoms with Crippen LogP contribution in [-0.4, -0.2) is 48.4 Å². The van der Waals surface area contributed by atoms with Crippen LogP contribution in [0.15, 0.2) is 29.4 Å². The third-order valence-corrected chi connectivity index (χ3v) is 6.36. The van der Waals surface area contributed by atoms with E-state index in [0.29, 0.717) is 28.4 Å². The molecule has 0 spiro atoms. The fourth-order valence-corrected chi connectivity index (χ4v) is 5.23. The Morgan fingerprint density at radius 1 is 1.35 bits per heavy atom. The summed E-state index contributed by atoms with van der Waals surface area (Å²) < 4.78 is 27.5. The molecule has 0 amide bonds. The van der Waals surface area contributed by atoms with Crippen LogP contribution in [0.2, 0.25) is 0 Å². The number of fused-ring (bicyclic) bond motifs is 2. The van der Waals surface area contributed by atoms with Gasteiger partial charge in [0.25, 0.3) is 0 Å². The Morgan fingerprint density at radius 3 is 3.15 bits per heavy atom. The lowest BCUT2D eigenvalue weighted by molar-refractivity contribution is 0.383. The van der Waals surface area contributed by atoms with Crippen molar-refractivity contribution in [2.75, 3.05) is 19.6 Å². The van der Waals surface area contributed by atoms with E-state index in [4.69, 9.17) is 0 Å². The van der Waals surface area contributed by atoms with Crippen molar-refractivity contribution in [1.82, 2.24) is 19.6 Å². The molecule has 2 aromatic rings. The van der Waals surface area contributed by atoms with Gasteiger partial charge in [0.15, 0.2) is 0 Å². The Balaban J connectivity index is 1.80. The first-order valence-electron chi connectivity index (χ1n) is 6.82. The zero-order valence-corrected chi connectivity index (χ0v) is 11.7. The second-order valence-electron chi connectivity index (χ2n) is 5.44. The van der Waals surface area contributed by atoms with Gasteiger partial charge < -0.3 is 10.3 Å². The maximum absolute atomic E-state index is 12.9. The van der Waals surface area contributed by atoms with Crippen LogP contribution >= 0.6 is 0 Å². The van der Waals surface area contributed by atoms with Crippen LogP contribution in [0.4, 0.5) is 0 Å². The Labute approximate surface area is 117 Å². The van der Waals surface area contributed by atoms with Crippen LogP contribution in [0.3, 0.4) is 0 Å². The van der Waals surface area contributed by atoms with Crippen molar-refractivity contribution in [3.8, 4) is 0 Å². The summed E-state index contributed by atoms with van der Waals surface area (Å²) in [6, 6.07) is 3.66. The minimum atomic E-state index is -3.45. The largest absolute Gasteiger partial charge is 0.345 e. The van der Waals surface area contributed by atoms with Gasteiger partial charge in [0.2, 0.25) is 10.0 Å². The van der Waals surface area contributed by atoms with E-state index in [0.717, 1.165) is 19.5 Å². The average molecular weight is 292 g/mol. The van der Waals surface area contributed by atoms with E-state index >= 15 is 0 Å². The molecule has 106 valence electrons.